The lowest BCUT2D eigenvalue weighted by atomic mass is 9.77. The molecule has 0 saturated carbocycles. The summed E-state index contributed by atoms with van der Waals surface area (Å²) in [6.07, 6.45) is 6.33. The van der Waals surface area contributed by atoms with Crippen LogP contribution < -0.4 is 10.1 Å². The lowest BCUT2D eigenvalue weighted by Crippen LogP contribution is -2.51. The normalized spacial score (nSPS) is 23.6. The van der Waals surface area contributed by atoms with Crippen LogP contribution in [-0.2, 0) is 6.42 Å². The Labute approximate surface area is 117 Å². The van der Waals surface area contributed by atoms with E-state index in [4.69, 9.17) is 4.74 Å². The Morgan fingerprint density at radius 1 is 1.32 bits per heavy atom. The molecule has 0 radical (unpaired) electrons. The van der Waals surface area contributed by atoms with Gasteiger partial charge in [0.05, 0.1) is 7.11 Å². The van der Waals surface area contributed by atoms with Gasteiger partial charge in [0, 0.05) is 5.54 Å². The second kappa shape index (κ2) is 6.42. The van der Waals surface area contributed by atoms with E-state index < -0.39 is 0 Å². The van der Waals surface area contributed by atoms with Crippen LogP contribution in [0, 0.1) is 5.92 Å². The molecule has 1 aliphatic rings. The summed E-state index contributed by atoms with van der Waals surface area (Å²) in [5.41, 5.74) is 1.67. The Bertz CT molecular complexity index is 394. The zero-order valence-corrected chi connectivity index (χ0v) is 12.5. The zero-order chi connectivity index (χ0) is 13.7. The molecule has 0 bridgehead atoms. The molecule has 1 heterocycles. The number of benzene rings is 1. The molecule has 1 aromatic rings. The maximum atomic E-state index is 5.34. The number of hydrogen-bond donors (Lipinski definition) is 1. The lowest BCUT2D eigenvalue weighted by molar-refractivity contribution is 0.210. The highest BCUT2D eigenvalue weighted by Gasteiger charge is 2.32. The molecule has 1 aliphatic heterocycles. The van der Waals surface area contributed by atoms with Crippen LogP contribution in [0.1, 0.15) is 45.1 Å². The third-order valence-corrected chi connectivity index (χ3v) is 4.06. The van der Waals surface area contributed by atoms with Gasteiger partial charge in [-0.3, -0.25) is 0 Å². The second-order valence-corrected chi connectivity index (χ2v) is 6.29. The molecule has 19 heavy (non-hydrogen) atoms. The minimum atomic E-state index is 0.290. The van der Waals surface area contributed by atoms with Crippen LogP contribution in [0.25, 0.3) is 0 Å². The van der Waals surface area contributed by atoms with Crippen molar-refractivity contribution in [2.24, 2.45) is 5.92 Å². The summed E-state index contributed by atoms with van der Waals surface area (Å²) in [5.74, 6) is 1.70. The predicted octanol–water partition coefficient (Wildman–Crippen LogP) is 3.80. The summed E-state index contributed by atoms with van der Waals surface area (Å²) in [7, 11) is 1.74. The Morgan fingerprint density at radius 3 is 2.79 bits per heavy atom. The fourth-order valence-electron chi connectivity index (χ4n) is 3.38. The highest BCUT2D eigenvalue weighted by atomic mass is 16.5. The molecular weight excluding hydrogens is 234 g/mol. The van der Waals surface area contributed by atoms with Gasteiger partial charge in [0.15, 0.2) is 0 Å². The third kappa shape index (κ3) is 3.97. The first-order valence-corrected chi connectivity index (χ1v) is 7.51. The number of hydrogen-bond acceptors (Lipinski definition) is 2. The van der Waals surface area contributed by atoms with Crippen molar-refractivity contribution in [2.45, 2.75) is 51.5 Å². The molecule has 0 aromatic heterocycles. The minimum absolute atomic E-state index is 0.290. The first-order chi connectivity index (χ1) is 9.13. The molecular formula is C17H27NO. The number of rotatable bonds is 5. The Kier molecular flexibility index (Phi) is 4.87. The van der Waals surface area contributed by atoms with Gasteiger partial charge < -0.3 is 10.1 Å². The Hall–Kier alpha value is -1.02. The molecule has 1 saturated heterocycles. The van der Waals surface area contributed by atoms with Crippen LogP contribution in [0.15, 0.2) is 24.3 Å². The van der Waals surface area contributed by atoms with Crippen LogP contribution in [0.3, 0.4) is 0 Å². The van der Waals surface area contributed by atoms with Gasteiger partial charge >= 0.3 is 0 Å². The van der Waals surface area contributed by atoms with E-state index in [0.717, 1.165) is 24.6 Å². The molecule has 2 rings (SSSR count). The molecule has 1 N–H and O–H groups in total. The van der Waals surface area contributed by atoms with E-state index >= 15 is 0 Å². The van der Waals surface area contributed by atoms with Crippen molar-refractivity contribution in [1.29, 1.82) is 0 Å². The van der Waals surface area contributed by atoms with Crippen LogP contribution in [0.2, 0.25) is 0 Å². The van der Waals surface area contributed by atoms with Gasteiger partial charge in [0.1, 0.15) is 5.75 Å². The van der Waals surface area contributed by atoms with E-state index in [1.807, 2.05) is 6.07 Å². The van der Waals surface area contributed by atoms with E-state index in [0.29, 0.717) is 5.54 Å². The van der Waals surface area contributed by atoms with Gasteiger partial charge in [0.2, 0.25) is 0 Å². The van der Waals surface area contributed by atoms with E-state index in [1.54, 1.807) is 7.11 Å². The summed E-state index contributed by atoms with van der Waals surface area (Å²) in [5, 5.41) is 3.81. The quantitative estimate of drug-likeness (QED) is 0.870. The second-order valence-electron chi connectivity index (χ2n) is 6.29. The fourth-order valence-corrected chi connectivity index (χ4v) is 3.38. The monoisotopic (exact) mass is 261 g/mol. The topological polar surface area (TPSA) is 21.3 Å². The fraction of sp³-hybridized carbons (Fsp3) is 0.647. The van der Waals surface area contributed by atoms with Crippen molar-refractivity contribution < 1.29 is 4.74 Å². The van der Waals surface area contributed by atoms with E-state index in [1.165, 1.54) is 31.2 Å². The lowest BCUT2D eigenvalue weighted by Gasteiger charge is -2.40. The van der Waals surface area contributed by atoms with Gasteiger partial charge in [-0.05, 0) is 55.8 Å². The van der Waals surface area contributed by atoms with Crippen molar-refractivity contribution in [3.63, 3.8) is 0 Å². The molecule has 0 spiro atoms. The van der Waals surface area contributed by atoms with Crippen molar-refractivity contribution in [3.8, 4) is 5.75 Å². The van der Waals surface area contributed by atoms with E-state index in [2.05, 4.69) is 37.4 Å². The van der Waals surface area contributed by atoms with Crippen molar-refractivity contribution in [2.75, 3.05) is 13.7 Å². The van der Waals surface area contributed by atoms with E-state index in [-0.39, 0.29) is 0 Å². The van der Waals surface area contributed by atoms with E-state index in [9.17, 15) is 0 Å². The number of piperidine rings is 1. The average molecular weight is 261 g/mol. The summed E-state index contributed by atoms with van der Waals surface area (Å²) in [6, 6.07) is 8.52. The van der Waals surface area contributed by atoms with Crippen molar-refractivity contribution in [1.82, 2.24) is 5.32 Å². The zero-order valence-electron chi connectivity index (χ0n) is 12.5. The van der Waals surface area contributed by atoms with Crippen LogP contribution in [-0.4, -0.2) is 19.2 Å². The predicted molar refractivity (Wildman–Crippen MR) is 80.7 cm³/mol. The van der Waals surface area contributed by atoms with Crippen LogP contribution in [0.5, 0.6) is 5.75 Å². The highest BCUT2D eigenvalue weighted by molar-refractivity contribution is 5.29. The summed E-state index contributed by atoms with van der Waals surface area (Å²) < 4.78 is 5.34. The molecule has 0 amide bonds. The van der Waals surface area contributed by atoms with Gasteiger partial charge in [-0.2, -0.15) is 0 Å². The molecule has 106 valence electrons. The van der Waals surface area contributed by atoms with Gasteiger partial charge in [-0.25, -0.2) is 0 Å². The van der Waals surface area contributed by atoms with Crippen LogP contribution >= 0.6 is 0 Å². The highest BCUT2D eigenvalue weighted by Crippen LogP contribution is 2.31. The largest absolute Gasteiger partial charge is 0.497 e. The summed E-state index contributed by atoms with van der Waals surface area (Å²) >= 11 is 0. The Morgan fingerprint density at radius 2 is 2.16 bits per heavy atom. The number of methoxy groups -OCH3 is 1. The molecule has 1 fully saturated rings. The number of ether oxygens (including phenoxy) is 1. The summed E-state index contributed by atoms with van der Waals surface area (Å²) in [6.45, 7) is 5.81. The average Bonchev–Trinajstić information content (AvgIpc) is 2.39. The maximum absolute atomic E-state index is 5.34. The third-order valence-electron chi connectivity index (χ3n) is 4.06. The van der Waals surface area contributed by atoms with Gasteiger partial charge in [-0.15, -0.1) is 0 Å². The molecule has 1 atom stereocenters. The maximum Gasteiger partial charge on any atom is 0.119 e. The van der Waals surface area contributed by atoms with Crippen molar-refractivity contribution >= 4 is 0 Å². The van der Waals surface area contributed by atoms with Gasteiger partial charge in [0.25, 0.3) is 0 Å². The number of nitrogens with one attached hydrogen (secondary N) is 1. The smallest absolute Gasteiger partial charge is 0.119 e. The molecule has 1 aromatic carbocycles. The Balaban J connectivity index is 2.14. The first-order valence-electron chi connectivity index (χ1n) is 7.51. The minimum Gasteiger partial charge on any atom is -0.497 e. The van der Waals surface area contributed by atoms with Crippen LogP contribution in [0.4, 0.5) is 0 Å². The standard InChI is InChI=1S/C17H27NO/c1-14(2)12-17(9-4-5-10-18-17)13-15-7-6-8-16(11-15)19-3/h6-8,11,14,18H,4-5,9-10,12-13H2,1-3H3. The van der Waals surface area contributed by atoms with Gasteiger partial charge in [-0.1, -0.05) is 32.4 Å². The molecule has 1 unspecified atom stereocenters. The summed E-state index contributed by atoms with van der Waals surface area (Å²) in [4.78, 5) is 0. The van der Waals surface area contributed by atoms with Crippen molar-refractivity contribution in [3.05, 3.63) is 29.8 Å². The SMILES string of the molecule is COc1cccc(CC2(CC(C)C)CCCCN2)c1. The molecule has 2 heteroatoms. The first kappa shape index (κ1) is 14.4. The molecule has 2 nitrogen and oxygen atoms in total. The molecule has 0 aliphatic carbocycles.